The second kappa shape index (κ2) is 10.1. The van der Waals surface area contributed by atoms with Crippen LogP contribution in [0.4, 0.5) is 0 Å². The number of carbonyl (C=O) groups excluding carboxylic acids is 3. The molecular weight excluding hydrogens is 430 g/mol. The number of carbonyl (C=O) groups is 3. The number of Topliss-reactive ketones (excluding diaryl/α,β-unsaturated/α-hetero) is 1. The van der Waals surface area contributed by atoms with E-state index in [9.17, 15) is 14.4 Å². The molecule has 0 saturated carbocycles. The van der Waals surface area contributed by atoms with Gasteiger partial charge in [-0.3, -0.25) is 25.1 Å². The van der Waals surface area contributed by atoms with Crippen LogP contribution < -0.4 is 21.4 Å². The monoisotopic (exact) mass is 469 g/mol. The summed E-state index contributed by atoms with van der Waals surface area (Å²) in [5.41, 5.74) is 5.18. The Morgan fingerprint density at radius 3 is 2.65 bits per heavy atom. The summed E-state index contributed by atoms with van der Waals surface area (Å²) in [6.07, 6.45) is 1.57. The van der Waals surface area contributed by atoms with Gasteiger partial charge in [-0.15, -0.1) is 0 Å². The summed E-state index contributed by atoms with van der Waals surface area (Å²) >= 11 is 0. The zero-order valence-corrected chi connectivity index (χ0v) is 20.9. The fourth-order valence-corrected chi connectivity index (χ4v) is 5.93. The van der Waals surface area contributed by atoms with Gasteiger partial charge in [-0.1, -0.05) is 25.1 Å². The van der Waals surface area contributed by atoms with E-state index in [4.69, 9.17) is 0 Å². The third-order valence-corrected chi connectivity index (χ3v) is 7.82. The van der Waals surface area contributed by atoms with Gasteiger partial charge in [0.1, 0.15) is 0 Å². The maximum Gasteiger partial charge on any atom is 0.225 e. The van der Waals surface area contributed by atoms with Crippen LogP contribution in [0.2, 0.25) is 0 Å². The largest absolute Gasteiger partial charge is 0.355 e. The predicted molar refractivity (Wildman–Crippen MR) is 131 cm³/mol. The highest BCUT2D eigenvalue weighted by atomic mass is 16.2. The molecule has 3 aliphatic heterocycles. The number of fused-ring (bicyclic) bond motifs is 1. The van der Waals surface area contributed by atoms with E-state index >= 15 is 0 Å². The van der Waals surface area contributed by atoms with Crippen molar-refractivity contribution in [3.8, 4) is 0 Å². The lowest BCUT2D eigenvalue weighted by atomic mass is 9.78. The molecule has 7 unspecified atom stereocenters. The van der Waals surface area contributed by atoms with E-state index in [0.29, 0.717) is 18.5 Å². The van der Waals surface area contributed by atoms with Gasteiger partial charge in [0.05, 0.1) is 12.1 Å². The van der Waals surface area contributed by atoms with Crippen LogP contribution in [0.3, 0.4) is 0 Å². The van der Waals surface area contributed by atoms with Crippen molar-refractivity contribution in [3.63, 3.8) is 0 Å². The van der Waals surface area contributed by atoms with Crippen LogP contribution in [-0.4, -0.2) is 53.9 Å². The quantitative estimate of drug-likeness (QED) is 0.475. The van der Waals surface area contributed by atoms with Crippen LogP contribution in [-0.2, 0) is 9.59 Å². The van der Waals surface area contributed by atoms with Crippen molar-refractivity contribution in [2.75, 3.05) is 13.1 Å². The average Bonchev–Trinajstić information content (AvgIpc) is 3.22. The third kappa shape index (κ3) is 5.04. The van der Waals surface area contributed by atoms with Crippen molar-refractivity contribution in [1.29, 1.82) is 0 Å². The first-order chi connectivity index (χ1) is 16.2. The molecule has 0 bridgehead atoms. The second-order valence-electron chi connectivity index (χ2n) is 10.7. The van der Waals surface area contributed by atoms with Crippen LogP contribution in [0.25, 0.3) is 0 Å². The van der Waals surface area contributed by atoms with Gasteiger partial charge in [-0.2, -0.15) is 0 Å². The first-order valence-corrected chi connectivity index (χ1v) is 12.6. The minimum Gasteiger partial charge on any atom is -0.355 e. The van der Waals surface area contributed by atoms with E-state index < -0.39 is 0 Å². The molecule has 3 saturated heterocycles. The summed E-state index contributed by atoms with van der Waals surface area (Å²) in [6, 6.07) is 8.10. The zero-order valence-electron chi connectivity index (χ0n) is 20.9. The smallest absolute Gasteiger partial charge is 0.225 e. The predicted octanol–water partition coefficient (Wildman–Crippen LogP) is 1.99. The Kier molecular flexibility index (Phi) is 7.40. The molecule has 4 N–H and O–H groups in total. The van der Waals surface area contributed by atoms with Crippen molar-refractivity contribution in [1.82, 2.24) is 26.4 Å². The molecule has 4 rings (SSSR count). The van der Waals surface area contributed by atoms with E-state index in [1.807, 2.05) is 31.2 Å². The van der Waals surface area contributed by atoms with E-state index in [1.54, 1.807) is 6.92 Å². The van der Waals surface area contributed by atoms with Crippen molar-refractivity contribution in [3.05, 3.63) is 35.4 Å². The Hall–Kier alpha value is -2.29. The van der Waals surface area contributed by atoms with Crippen LogP contribution in [0.1, 0.15) is 69.4 Å². The Balaban J connectivity index is 1.52. The van der Waals surface area contributed by atoms with Gasteiger partial charge in [-0.25, -0.2) is 5.01 Å². The number of amides is 2. The molecule has 1 aromatic carbocycles. The number of nitrogens with one attached hydrogen (secondary N) is 4. The summed E-state index contributed by atoms with van der Waals surface area (Å²) in [5.74, 6) is 0.0236. The highest BCUT2D eigenvalue weighted by Crippen LogP contribution is 2.38. The number of hydrazine groups is 1. The molecule has 3 fully saturated rings. The maximum atomic E-state index is 13.5. The number of benzene rings is 1. The minimum absolute atomic E-state index is 0.00763. The number of hydrogen-bond donors (Lipinski definition) is 4. The number of rotatable bonds is 6. The van der Waals surface area contributed by atoms with Crippen molar-refractivity contribution in [2.24, 2.45) is 23.7 Å². The summed E-state index contributed by atoms with van der Waals surface area (Å²) in [4.78, 5) is 38.0. The normalized spacial score (nSPS) is 33.9. The van der Waals surface area contributed by atoms with Crippen LogP contribution in [0, 0.1) is 23.7 Å². The Morgan fingerprint density at radius 1 is 1.21 bits per heavy atom. The Bertz CT molecular complexity index is 935. The van der Waals surface area contributed by atoms with E-state index in [1.165, 1.54) is 0 Å². The highest BCUT2D eigenvalue weighted by Gasteiger charge is 2.48. The molecule has 3 aliphatic rings. The van der Waals surface area contributed by atoms with E-state index in [0.717, 1.165) is 18.5 Å². The van der Waals surface area contributed by atoms with Crippen LogP contribution >= 0.6 is 0 Å². The molecule has 0 aromatic heterocycles. The third-order valence-electron chi connectivity index (χ3n) is 7.82. The Morgan fingerprint density at radius 2 is 1.97 bits per heavy atom. The molecule has 34 heavy (non-hydrogen) atoms. The summed E-state index contributed by atoms with van der Waals surface area (Å²) in [5, 5.41) is 12.1. The van der Waals surface area contributed by atoms with Gasteiger partial charge >= 0.3 is 0 Å². The molecule has 0 radical (unpaired) electrons. The van der Waals surface area contributed by atoms with Gasteiger partial charge in [0.15, 0.2) is 5.78 Å². The van der Waals surface area contributed by atoms with Gasteiger partial charge < -0.3 is 10.6 Å². The molecule has 3 heterocycles. The molecule has 0 aliphatic carbocycles. The first kappa shape index (κ1) is 24.8. The average molecular weight is 470 g/mol. The molecule has 8 heteroatoms. The number of piperidine rings is 2. The molecule has 186 valence electrons. The maximum absolute atomic E-state index is 13.5. The van der Waals surface area contributed by atoms with Crippen LogP contribution in [0.15, 0.2) is 24.3 Å². The number of hydrogen-bond acceptors (Lipinski definition) is 6. The first-order valence-electron chi connectivity index (χ1n) is 12.6. The standard InChI is InChI=1S/C26H39N5O3/c1-14(2)31-24-22(13-28-31)20(11-23(30-24)19-8-6-7-18(10-19)17(5)32)25(33)27-12-21-15(3)9-16(4)29-26(21)34/h6-8,10,14-16,20-24,28,30H,9,11-13H2,1-5H3,(H,27,33)(H,29,34). The lowest BCUT2D eigenvalue weighted by Crippen LogP contribution is -2.58. The topological polar surface area (TPSA) is 103 Å². The van der Waals surface area contributed by atoms with Gasteiger partial charge in [0.2, 0.25) is 11.8 Å². The number of ketones is 1. The van der Waals surface area contributed by atoms with Gasteiger partial charge in [-0.05, 0) is 58.1 Å². The zero-order chi connectivity index (χ0) is 24.6. The van der Waals surface area contributed by atoms with Gasteiger partial charge in [0.25, 0.3) is 0 Å². The fourth-order valence-electron chi connectivity index (χ4n) is 5.93. The molecule has 2 amide bonds. The molecule has 1 aromatic rings. The minimum atomic E-state index is -0.200. The summed E-state index contributed by atoms with van der Waals surface area (Å²) in [7, 11) is 0. The van der Waals surface area contributed by atoms with Crippen molar-refractivity contribution < 1.29 is 14.4 Å². The van der Waals surface area contributed by atoms with Crippen molar-refractivity contribution in [2.45, 2.75) is 71.8 Å². The Labute approximate surface area is 202 Å². The lowest BCUT2D eigenvalue weighted by Gasteiger charge is -2.42. The lowest BCUT2D eigenvalue weighted by molar-refractivity contribution is -0.132. The molecule has 8 nitrogen and oxygen atoms in total. The second-order valence-corrected chi connectivity index (χ2v) is 10.7. The van der Waals surface area contributed by atoms with Crippen LogP contribution in [0.5, 0.6) is 0 Å². The number of nitrogens with zero attached hydrogens (tertiary/aromatic N) is 1. The van der Waals surface area contributed by atoms with E-state index in [-0.39, 0.29) is 65.6 Å². The molecule has 0 spiro atoms. The molecular formula is C26H39N5O3. The molecule has 7 atom stereocenters. The van der Waals surface area contributed by atoms with Gasteiger partial charge in [0, 0.05) is 48.6 Å². The summed E-state index contributed by atoms with van der Waals surface area (Å²) in [6.45, 7) is 11.0. The highest BCUT2D eigenvalue weighted by molar-refractivity contribution is 5.94. The van der Waals surface area contributed by atoms with E-state index in [2.05, 4.69) is 47.2 Å². The fraction of sp³-hybridized carbons (Fsp3) is 0.654. The van der Waals surface area contributed by atoms with Crippen molar-refractivity contribution >= 4 is 17.6 Å². The summed E-state index contributed by atoms with van der Waals surface area (Å²) < 4.78 is 0. The SMILES string of the molecule is CC(=O)c1cccc(C2CC(C(=O)NCC3C(=O)NC(C)CC3C)C3CNN(C(C)C)C3N2)c1.